The number of nitrogens with zero attached hydrogens (tertiary/aromatic N) is 5. The number of halogens is 3. The highest BCUT2D eigenvalue weighted by molar-refractivity contribution is 5.55. The number of H-pyrrole nitrogens is 1. The van der Waals surface area contributed by atoms with Crippen molar-refractivity contribution in [2.24, 2.45) is 0 Å². The summed E-state index contributed by atoms with van der Waals surface area (Å²) in [5, 5.41) is 16.1. The van der Waals surface area contributed by atoms with Crippen LogP contribution in [0.1, 0.15) is 41.7 Å². The molecule has 1 unspecified atom stereocenters. The summed E-state index contributed by atoms with van der Waals surface area (Å²) in [6, 6.07) is 3.93. The van der Waals surface area contributed by atoms with Crippen molar-refractivity contribution < 1.29 is 13.2 Å². The Labute approximate surface area is 136 Å². The lowest BCUT2D eigenvalue weighted by molar-refractivity contribution is -0.141. The zero-order valence-corrected chi connectivity index (χ0v) is 12.9. The molecule has 0 amide bonds. The highest BCUT2D eigenvalue weighted by Gasteiger charge is 2.34. The molecule has 1 N–H and O–H groups in total. The maximum Gasteiger partial charge on any atom is 0.433 e. The molecule has 6 nitrogen and oxygen atoms in total. The maximum atomic E-state index is 12.9. The van der Waals surface area contributed by atoms with Crippen LogP contribution in [-0.2, 0) is 6.18 Å². The maximum absolute atomic E-state index is 12.9. The van der Waals surface area contributed by atoms with Gasteiger partial charge in [0.1, 0.15) is 23.4 Å². The lowest BCUT2D eigenvalue weighted by Gasteiger charge is -2.33. The van der Waals surface area contributed by atoms with Gasteiger partial charge in [0.15, 0.2) is 5.82 Å². The molecule has 0 radical (unpaired) electrons. The number of nitrogens with one attached hydrogen (secondary N) is 1. The second-order valence-corrected chi connectivity index (χ2v) is 5.74. The van der Waals surface area contributed by atoms with E-state index < -0.39 is 11.9 Å². The summed E-state index contributed by atoms with van der Waals surface area (Å²) < 4.78 is 38.8. The minimum atomic E-state index is -4.54. The van der Waals surface area contributed by atoms with Crippen LogP contribution in [-0.4, -0.2) is 33.3 Å². The van der Waals surface area contributed by atoms with Gasteiger partial charge < -0.3 is 4.90 Å². The van der Waals surface area contributed by atoms with E-state index in [4.69, 9.17) is 0 Å². The Morgan fingerprint density at radius 3 is 2.75 bits per heavy atom. The van der Waals surface area contributed by atoms with Gasteiger partial charge in [-0.15, -0.1) is 0 Å². The average Bonchev–Trinajstić information content (AvgIpc) is 3.00. The van der Waals surface area contributed by atoms with E-state index in [0.29, 0.717) is 24.7 Å². The fraction of sp³-hybridized carbons (Fsp3) is 0.467. The smallest absolute Gasteiger partial charge is 0.355 e. The van der Waals surface area contributed by atoms with Gasteiger partial charge >= 0.3 is 6.18 Å². The molecule has 126 valence electrons. The van der Waals surface area contributed by atoms with Gasteiger partial charge in [0, 0.05) is 19.0 Å². The first-order valence-electron chi connectivity index (χ1n) is 7.50. The topological polar surface area (TPSA) is 81.5 Å². The monoisotopic (exact) mass is 336 g/mol. The summed E-state index contributed by atoms with van der Waals surface area (Å²) in [5.74, 6) is 1.40. The summed E-state index contributed by atoms with van der Waals surface area (Å²) in [6.45, 7) is 2.77. The number of aryl methyl sites for hydroxylation is 1. The van der Waals surface area contributed by atoms with Gasteiger partial charge in [0.25, 0.3) is 0 Å². The summed E-state index contributed by atoms with van der Waals surface area (Å²) in [5.41, 5.74) is -0.859. The van der Waals surface area contributed by atoms with Gasteiger partial charge in [-0.25, -0.2) is 9.97 Å². The third kappa shape index (κ3) is 3.18. The largest absolute Gasteiger partial charge is 0.433 e. The third-order valence-electron chi connectivity index (χ3n) is 3.99. The predicted octanol–water partition coefficient (Wildman–Crippen LogP) is 2.78. The van der Waals surface area contributed by atoms with Gasteiger partial charge in [0.2, 0.25) is 0 Å². The number of hydrogen-bond donors (Lipinski definition) is 1. The van der Waals surface area contributed by atoms with Crippen molar-refractivity contribution >= 4 is 5.82 Å². The summed E-state index contributed by atoms with van der Waals surface area (Å²) in [7, 11) is 0. The molecule has 1 saturated heterocycles. The number of aromatic amines is 1. The van der Waals surface area contributed by atoms with Gasteiger partial charge in [-0.1, -0.05) is 0 Å². The number of aromatic nitrogens is 4. The molecule has 9 heteroatoms. The van der Waals surface area contributed by atoms with Gasteiger partial charge in [-0.2, -0.15) is 23.5 Å². The molecule has 2 aromatic heterocycles. The highest BCUT2D eigenvalue weighted by Crippen LogP contribution is 2.33. The highest BCUT2D eigenvalue weighted by atomic mass is 19.4. The molecule has 2 aromatic rings. The van der Waals surface area contributed by atoms with E-state index in [2.05, 4.69) is 20.2 Å². The van der Waals surface area contributed by atoms with E-state index in [9.17, 15) is 18.4 Å². The Bertz CT molecular complexity index is 776. The van der Waals surface area contributed by atoms with E-state index in [-0.39, 0.29) is 17.3 Å². The van der Waals surface area contributed by atoms with Crippen molar-refractivity contribution in [1.82, 2.24) is 20.2 Å². The normalized spacial score (nSPS) is 18.5. The first kappa shape index (κ1) is 16.2. The zero-order valence-electron chi connectivity index (χ0n) is 12.9. The first-order chi connectivity index (χ1) is 11.4. The number of rotatable bonds is 2. The van der Waals surface area contributed by atoms with E-state index in [1.807, 2.05) is 6.07 Å². The molecule has 24 heavy (non-hydrogen) atoms. The van der Waals surface area contributed by atoms with Crippen LogP contribution in [0.3, 0.4) is 0 Å². The van der Waals surface area contributed by atoms with Crippen molar-refractivity contribution in [2.75, 3.05) is 18.0 Å². The second-order valence-electron chi connectivity index (χ2n) is 5.74. The first-order valence-corrected chi connectivity index (χ1v) is 7.50. The number of anilines is 1. The number of piperidine rings is 1. The van der Waals surface area contributed by atoms with Crippen LogP contribution in [0.2, 0.25) is 0 Å². The predicted molar refractivity (Wildman–Crippen MR) is 79.3 cm³/mol. The van der Waals surface area contributed by atoms with Crippen molar-refractivity contribution in [3.05, 3.63) is 35.0 Å². The van der Waals surface area contributed by atoms with Crippen molar-refractivity contribution in [3.63, 3.8) is 0 Å². The molecule has 0 aliphatic carbocycles. The molecule has 1 fully saturated rings. The second kappa shape index (κ2) is 6.11. The average molecular weight is 336 g/mol. The van der Waals surface area contributed by atoms with Gasteiger partial charge in [-0.3, -0.25) is 5.10 Å². The van der Waals surface area contributed by atoms with Gasteiger partial charge in [0.05, 0.1) is 5.56 Å². The molecule has 1 aliphatic rings. The zero-order chi connectivity index (χ0) is 17.3. The van der Waals surface area contributed by atoms with Crippen molar-refractivity contribution in [2.45, 2.75) is 31.9 Å². The van der Waals surface area contributed by atoms with Crippen LogP contribution < -0.4 is 4.90 Å². The van der Waals surface area contributed by atoms with Crippen molar-refractivity contribution in [1.29, 1.82) is 5.26 Å². The number of pyridine rings is 1. The molecule has 0 saturated carbocycles. The van der Waals surface area contributed by atoms with Gasteiger partial charge in [-0.05, 0) is 31.9 Å². The van der Waals surface area contributed by atoms with E-state index in [1.165, 1.54) is 6.07 Å². The van der Waals surface area contributed by atoms with Crippen LogP contribution in [0.25, 0.3) is 0 Å². The van der Waals surface area contributed by atoms with E-state index in [0.717, 1.165) is 18.9 Å². The van der Waals surface area contributed by atoms with E-state index in [1.54, 1.807) is 11.8 Å². The minimum absolute atomic E-state index is 0.00779. The van der Waals surface area contributed by atoms with Crippen LogP contribution in [0, 0.1) is 18.3 Å². The molecule has 0 aromatic carbocycles. The number of hydrogen-bond acceptors (Lipinski definition) is 5. The quantitative estimate of drug-likeness (QED) is 0.912. The SMILES string of the molecule is Cc1nc(C2CCCN(c3nc(C(F)(F)F)ccc3C#N)C2)n[nH]1. The lowest BCUT2D eigenvalue weighted by Crippen LogP contribution is -2.36. The molecule has 0 spiro atoms. The molecule has 1 aliphatic heterocycles. The van der Waals surface area contributed by atoms with E-state index >= 15 is 0 Å². The molecular formula is C15H15F3N6. The van der Waals surface area contributed by atoms with Crippen molar-refractivity contribution in [3.8, 4) is 6.07 Å². The number of nitriles is 1. The number of alkyl halides is 3. The Hall–Kier alpha value is -2.63. The summed E-state index contributed by atoms with van der Waals surface area (Å²) in [6.07, 6.45) is -2.94. The Kier molecular flexibility index (Phi) is 4.13. The summed E-state index contributed by atoms with van der Waals surface area (Å²) >= 11 is 0. The standard InChI is InChI=1S/C15H15F3N6/c1-9-20-13(23-22-9)11-3-2-6-24(8-11)14-10(7-19)4-5-12(21-14)15(16,17)18/h4-5,11H,2-3,6,8H2,1H3,(H,20,22,23). The molecular weight excluding hydrogens is 321 g/mol. The molecule has 3 rings (SSSR count). The minimum Gasteiger partial charge on any atom is -0.355 e. The van der Waals surface area contributed by atoms with Crippen LogP contribution in [0.5, 0.6) is 0 Å². The third-order valence-corrected chi connectivity index (χ3v) is 3.99. The van der Waals surface area contributed by atoms with Crippen LogP contribution in [0.15, 0.2) is 12.1 Å². The molecule has 3 heterocycles. The molecule has 0 bridgehead atoms. The Morgan fingerprint density at radius 1 is 1.33 bits per heavy atom. The van der Waals surface area contributed by atoms with Crippen LogP contribution in [0.4, 0.5) is 19.0 Å². The summed E-state index contributed by atoms with van der Waals surface area (Å²) in [4.78, 5) is 9.72. The Balaban J connectivity index is 1.91. The fourth-order valence-electron chi connectivity index (χ4n) is 2.86. The fourth-order valence-corrected chi connectivity index (χ4v) is 2.86. The lowest BCUT2D eigenvalue weighted by atomic mass is 9.97. The Morgan fingerprint density at radius 2 is 2.12 bits per heavy atom. The molecule has 1 atom stereocenters. The van der Waals surface area contributed by atoms with Crippen LogP contribution >= 0.6 is 0 Å².